The average molecular weight is 447 g/mol. The van der Waals surface area contributed by atoms with Gasteiger partial charge in [0.1, 0.15) is 0 Å². The molecule has 5 heteroatoms. The van der Waals surface area contributed by atoms with Crippen molar-refractivity contribution in [3.8, 4) is 0 Å². The van der Waals surface area contributed by atoms with Crippen LogP contribution >= 0.6 is 35.7 Å². The molecule has 1 aromatic carbocycles. The van der Waals surface area contributed by atoms with Gasteiger partial charge in [-0.15, -0.1) is 24.0 Å². The highest BCUT2D eigenvalue weighted by atomic mass is 127. The van der Waals surface area contributed by atoms with E-state index in [0.717, 1.165) is 31.5 Å². The van der Waals surface area contributed by atoms with Gasteiger partial charge in [-0.25, -0.2) is 0 Å². The summed E-state index contributed by atoms with van der Waals surface area (Å²) in [4.78, 5) is 4.76. The number of hydrogen-bond acceptors (Lipinski definition) is 2. The number of halogens is 1. The van der Waals surface area contributed by atoms with Gasteiger partial charge >= 0.3 is 0 Å². The summed E-state index contributed by atoms with van der Waals surface area (Å²) in [6.45, 7) is 4.98. The zero-order valence-electron chi connectivity index (χ0n) is 14.3. The van der Waals surface area contributed by atoms with E-state index in [1.54, 1.807) is 0 Å². The highest BCUT2D eigenvalue weighted by molar-refractivity contribution is 14.0. The van der Waals surface area contributed by atoms with Gasteiger partial charge in [-0.05, 0) is 55.6 Å². The Balaban J connectivity index is 0.00000264. The molecule has 2 rings (SSSR count). The largest absolute Gasteiger partial charge is 0.357 e. The van der Waals surface area contributed by atoms with E-state index in [1.165, 1.54) is 30.6 Å². The fourth-order valence-corrected chi connectivity index (χ4v) is 3.18. The quantitative estimate of drug-likeness (QED) is 0.259. The maximum absolute atomic E-state index is 4.76. The molecule has 1 fully saturated rings. The Labute approximate surface area is 162 Å². The van der Waals surface area contributed by atoms with Crippen LogP contribution in [0.3, 0.4) is 0 Å². The molecule has 0 amide bonds. The van der Waals surface area contributed by atoms with Crippen molar-refractivity contribution in [3.63, 3.8) is 0 Å². The number of thioether (sulfide) groups is 1. The highest BCUT2D eigenvalue weighted by Gasteiger charge is 2.37. The van der Waals surface area contributed by atoms with E-state index in [9.17, 15) is 0 Å². The van der Waals surface area contributed by atoms with Gasteiger partial charge in [-0.1, -0.05) is 30.3 Å². The third-order valence-electron chi connectivity index (χ3n) is 4.05. The van der Waals surface area contributed by atoms with E-state index in [1.807, 2.05) is 11.8 Å². The lowest BCUT2D eigenvalue weighted by molar-refractivity contribution is 0.725. The van der Waals surface area contributed by atoms with Crippen LogP contribution in [0.1, 0.15) is 37.7 Å². The molecule has 2 unspecified atom stereocenters. The number of benzene rings is 1. The topological polar surface area (TPSA) is 36.4 Å². The molecule has 1 aliphatic rings. The van der Waals surface area contributed by atoms with E-state index in [0.29, 0.717) is 5.92 Å². The normalized spacial score (nSPS) is 19.8. The maximum Gasteiger partial charge on any atom is 0.191 e. The van der Waals surface area contributed by atoms with Crippen LogP contribution in [0, 0.1) is 5.92 Å². The first-order valence-electron chi connectivity index (χ1n) is 8.41. The standard InChI is InChI=1S/C18H29N3S.HI/c1-3-19-18(20-11-7-8-12-22-2)21-14-16-13-17(16)15-9-5-4-6-10-15;/h4-6,9-10,16-17H,3,7-8,11-14H2,1-2H3,(H2,19,20,21);1H. The lowest BCUT2D eigenvalue weighted by Crippen LogP contribution is -2.38. The van der Waals surface area contributed by atoms with Crippen molar-refractivity contribution in [1.82, 2.24) is 10.6 Å². The second-order valence-corrected chi connectivity index (χ2v) is 6.84. The van der Waals surface area contributed by atoms with Gasteiger partial charge in [0.05, 0.1) is 0 Å². The van der Waals surface area contributed by atoms with E-state index < -0.39 is 0 Å². The first kappa shape index (κ1) is 20.6. The first-order valence-corrected chi connectivity index (χ1v) is 9.80. The molecule has 2 atom stereocenters. The predicted octanol–water partition coefficient (Wildman–Crippen LogP) is 4.11. The number of unbranched alkanes of at least 4 members (excludes halogenated alkanes) is 1. The summed E-state index contributed by atoms with van der Waals surface area (Å²) in [5, 5.41) is 6.79. The Hall–Kier alpha value is -0.430. The minimum Gasteiger partial charge on any atom is -0.357 e. The summed E-state index contributed by atoms with van der Waals surface area (Å²) < 4.78 is 0. The Morgan fingerprint density at radius 1 is 1.22 bits per heavy atom. The molecule has 130 valence electrons. The third-order valence-corrected chi connectivity index (χ3v) is 4.74. The lowest BCUT2D eigenvalue weighted by Gasteiger charge is -2.11. The van der Waals surface area contributed by atoms with Gasteiger partial charge in [0.15, 0.2) is 5.96 Å². The molecule has 3 nitrogen and oxygen atoms in total. The Kier molecular flexibility index (Phi) is 10.8. The van der Waals surface area contributed by atoms with Crippen LogP contribution in [0.15, 0.2) is 35.3 Å². The van der Waals surface area contributed by atoms with Gasteiger partial charge in [-0.3, -0.25) is 4.99 Å². The Morgan fingerprint density at radius 2 is 2.00 bits per heavy atom. The second kappa shape index (κ2) is 12.0. The van der Waals surface area contributed by atoms with Crippen LogP contribution in [0.2, 0.25) is 0 Å². The summed E-state index contributed by atoms with van der Waals surface area (Å²) in [5.74, 6) is 3.66. The van der Waals surface area contributed by atoms with Crippen LogP contribution in [-0.4, -0.2) is 37.6 Å². The molecule has 0 bridgehead atoms. The van der Waals surface area contributed by atoms with E-state index in [2.05, 4.69) is 54.1 Å². The van der Waals surface area contributed by atoms with Gasteiger partial charge in [-0.2, -0.15) is 11.8 Å². The molecule has 0 spiro atoms. The fraction of sp³-hybridized carbons (Fsp3) is 0.611. The summed E-state index contributed by atoms with van der Waals surface area (Å²) in [6, 6.07) is 10.8. The first-order chi connectivity index (χ1) is 10.8. The SMILES string of the molecule is CCNC(=NCC1CC1c1ccccc1)NCCCCSC.I. The fourth-order valence-electron chi connectivity index (χ4n) is 2.69. The van der Waals surface area contributed by atoms with Crippen molar-refractivity contribution in [1.29, 1.82) is 0 Å². The van der Waals surface area contributed by atoms with Gasteiger partial charge in [0.25, 0.3) is 0 Å². The van der Waals surface area contributed by atoms with Gasteiger partial charge in [0.2, 0.25) is 0 Å². The summed E-state index contributed by atoms with van der Waals surface area (Å²) in [5.41, 5.74) is 1.47. The van der Waals surface area contributed by atoms with Crippen molar-refractivity contribution >= 4 is 41.7 Å². The molecule has 1 aliphatic carbocycles. The molecule has 0 saturated heterocycles. The van der Waals surface area contributed by atoms with Crippen molar-refractivity contribution in [3.05, 3.63) is 35.9 Å². The number of guanidine groups is 1. The van der Waals surface area contributed by atoms with Crippen LogP contribution in [0.5, 0.6) is 0 Å². The molecule has 0 heterocycles. The van der Waals surface area contributed by atoms with Crippen LogP contribution in [0.4, 0.5) is 0 Å². The molecule has 2 N–H and O–H groups in total. The van der Waals surface area contributed by atoms with Crippen molar-refractivity contribution in [2.24, 2.45) is 10.9 Å². The lowest BCUT2D eigenvalue weighted by atomic mass is 10.1. The van der Waals surface area contributed by atoms with Gasteiger partial charge < -0.3 is 10.6 Å². The van der Waals surface area contributed by atoms with Crippen LogP contribution in [0.25, 0.3) is 0 Å². The number of nitrogens with one attached hydrogen (secondary N) is 2. The molecule has 0 aliphatic heterocycles. The summed E-state index contributed by atoms with van der Waals surface area (Å²) in [6.07, 6.45) is 5.92. The van der Waals surface area contributed by atoms with Gasteiger partial charge in [0, 0.05) is 19.6 Å². The predicted molar refractivity (Wildman–Crippen MR) is 114 cm³/mol. The van der Waals surface area contributed by atoms with E-state index in [-0.39, 0.29) is 24.0 Å². The summed E-state index contributed by atoms with van der Waals surface area (Å²) >= 11 is 1.92. The smallest absolute Gasteiger partial charge is 0.191 e. The van der Waals surface area contributed by atoms with Crippen molar-refractivity contribution < 1.29 is 0 Å². The van der Waals surface area contributed by atoms with Crippen molar-refractivity contribution in [2.45, 2.75) is 32.1 Å². The molecule has 1 saturated carbocycles. The van der Waals surface area contributed by atoms with E-state index in [4.69, 9.17) is 4.99 Å². The Morgan fingerprint density at radius 3 is 2.70 bits per heavy atom. The minimum atomic E-state index is 0. The zero-order valence-corrected chi connectivity index (χ0v) is 17.4. The third kappa shape index (κ3) is 7.79. The molecule has 0 radical (unpaired) electrons. The number of hydrogen-bond donors (Lipinski definition) is 2. The highest BCUT2D eigenvalue weighted by Crippen LogP contribution is 2.47. The number of nitrogens with zero attached hydrogens (tertiary/aromatic N) is 1. The minimum absolute atomic E-state index is 0. The second-order valence-electron chi connectivity index (χ2n) is 5.86. The van der Waals surface area contributed by atoms with Crippen LogP contribution < -0.4 is 10.6 Å². The summed E-state index contributed by atoms with van der Waals surface area (Å²) in [7, 11) is 0. The molecular weight excluding hydrogens is 417 g/mol. The van der Waals surface area contributed by atoms with Crippen LogP contribution in [-0.2, 0) is 0 Å². The maximum atomic E-state index is 4.76. The zero-order chi connectivity index (χ0) is 15.6. The Bertz CT molecular complexity index is 453. The number of aliphatic imine (C=N–C) groups is 1. The van der Waals surface area contributed by atoms with E-state index >= 15 is 0 Å². The number of rotatable bonds is 9. The van der Waals surface area contributed by atoms with Crippen molar-refractivity contribution in [2.75, 3.05) is 31.6 Å². The molecule has 1 aromatic rings. The average Bonchev–Trinajstić information content (AvgIpc) is 3.33. The molecule has 0 aromatic heterocycles. The molecular formula is C18H30IN3S. The monoisotopic (exact) mass is 447 g/mol. The molecule has 23 heavy (non-hydrogen) atoms.